The van der Waals surface area contributed by atoms with Crippen LogP contribution >= 0.6 is 0 Å². The van der Waals surface area contributed by atoms with Crippen LogP contribution < -0.4 is 9.47 Å². The van der Waals surface area contributed by atoms with E-state index in [1.54, 1.807) is 0 Å². The Kier molecular flexibility index (Phi) is 9.66. The van der Waals surface area contributed by atoms with Crippen LogP contribution in [0.2, 0.25) is 0 Å². The van der Waals surface area contributed by atoms with Gasteiger partial charge in [0.2, 0.25) is 12.6 Å². The Hall–Kier alpha value is -3.04. The number of aliphatic hydroxyl groups is 8. The SMILES string of the molecule is OC[C@H]1O[C@H](OO[C@H]2[C@H](O)[C@@H](O)[C@@H](Oc3cc(O)c4c(c3)O[C@H](c3ccc(O)c(O)c3)[C@@H](O)C4)O[C@@H]2CO)[C@H](O)[C@@H](O)[C@@H]1O. The molecule has 0 saturated carbocycles. The molecule has 2 fully saturated rings. The number of aromatic hydroxyl groups is 3. The maximum Gasteiger partial charge on any atom is 0.229 e. The molecule has 17 heteroatoms. The van der Waals surface area contributed by atoms with E-state index in [1.807, 2.05) is 0 Å². The summed E-state index contributed by atoms with van der Waals surface area (Å²) in [6.45, 7) is -1.52. The second-order valence-corrected chi connectivity index (χ2v) is 10.7. The molecule has 3 aliphatic heterocycles. The number of benzene rings is 2. The summed E-state index contributed by atoms with van der Waals surface area (Å²) in [5, 5.41) is 111. The highest BCUT2D eigenvalue weighted by atomic mass is 17.2. The van der Waals surface area contributed by atoms with Crippen LogP contribution in [0.5, 0.6) is 28.7 Å². The molecule has 5 rings (SSSR count). The smallest absolute Gasteiger partial charge is 0.229 e. The molecule has 0 aliphatic carbocycles. The third-order valence-corrected chi connectivity index (χ3v) is 7.69. The summed E-state index contributed by atoms with van der Waals surface area (Å²) in [6, 6.07) is 6.37. The molecule has 12 atom stereocenters. The van der Waals surface area contributed by atoms with Gasteiger partial charge < -0.3 is 75.1 Å². The predicted molar refractivity (Wildman–Crippen MR) is 139 cm³/mol. The molecular formula is C27H34O17. The maximum absolute atomic E-state index is 10.8. The summed E-state index contributed by atoms with van der Waals surface area (Å²) in [4.78, 5) is 10.1. The van der Waals surface area contributed by atoms with Crippen molar-refractivity contribution >= 4 is 0 Å². The van der Waals surface area contributed by atoms with Gasteiger partial charge in [-0.15, -0.1) is 0 Å². The zero-order valence-electron chi connectivity index (χ0n) is 22.8. The van der Waals surface area contributed by atoms with Crippen LogP contribution in [0, 0.1) is 0 Å². The van der Waals surface area contributed by atoms with E-state index in [4.69, 9.17) is 28.7 Å². The monoisotopic (exact) mass is 630 g/mol. The average Bonchev–Trinajstić information content (AvgIpc) is 3.00. The van der Waals surface area contributed by atoms with Gasteiger partial charge in [-0.2, -0.15) is 0 Å². The van der Waals surface area contributed by atoms with E-state index < -0.39 is 92.6 Å². The minimum atomic E-state index is -1.84. The van der Waals surface area contributed by atoms with Gasteiger partial charge in [0.25, 0.3) is 0 Å². The van der Waals surface area contributed by atoms with Gasteiger partial charge in [0, 0.05) is 24.1 Å². The summed E-state index contributed by atoms with van der Waals surface area (Å²) >= 11 is 0. The molecule has 44 heavy (non-hydrogen) atoms. The molecule has 0 aromatic heterocycles. The molecule has 2 aromatic carbocycles. The van der Waals surface area contributed by atoms with Crippen molar-refractivity contribution in [3.05, 3.63) is 41.5 Å². The molecule has 2 saturated heterocycles. The molecule has 2 aromatic rings. The largest absolute Gasteiger partial charge is 0.507 e. The van der Waals surface area contributed by atoms with Crippen molar-refractivity contribution in [3.8, 4) is 28.7 Å². The number of phenolic OH excluding ortho intramolecular Hbond substituents is 3. The Morgan fingerprint density at radius 1 is 0.682 bits per heavy atom. The zero-order chi connectivity index (χ0) is 31.9. The molecule has 0 radical (unpaired) electrons. The van der Waals surface area contributed by atoms with Crippen molar-refractivity contribution < 1.29 is 84.9 Å². The summed E-state index contributed by atoms with van der Waals surface area (Å²) in [5.41, 5.74) is 0.572. The van der Waals surface area contributed by atoms with Crippen LogP contribution in [0.4, 0.5) is 0 Å². The molecule has 0 unspecified atom stereocenters. The minimum absolute atomic E-state index is 0.0466. The van der Waals surface area contributed by atoms with Crippen molar-refractivity contribution in [2.75, 3.05) is 13.2 Å². The lowest BCUT2D eigenvalue weighted by Gasteiger charge is -2.42. The molecule has 3 heterocycles. The summed E-state index contributed by atoms with van der Waals surface area (Å²) in [6.07, 6.45) is -18.8. The van der Waals surface area contributed by atoms with Crippen molar-refractivity contribution in [3.63, 3.8) is 0 Å². The lowest BCUT2D eigenvalue weighted by Crippen LogP contribution is -2.62. The average molecular weight is 631 g/mol. The molecule has 0 bridgehead atoms. The van der Waals surface area contributed by atoms with Crippen molar-refractivity contribution in [1.29, 1.82) is 0 Å². The van der Waals surface area contributed by atoms with Gasteiger partial charge in [-0.05, 0) is 17.7 Å². The standard InChI is InChI=1S/C27H34O17/c28-7-17-19(34)20(35)22(37)27(41-17)44-43-25-18(8-29)42-26(23(38)21(25)36)39-10-4-13(31)11-6-15(33)24(40-16(11)5-10)9-1-2-12(30)14(32)3-9/h1-5,15,17-38H,6-8H2/t15-,17+,18+,19+,20-,21+,22+,23+,24+,25+,26-,27+/m0/s1. The van der Waals surface area contributed by atoms with E-state index in [1.165, 1.54) is 24.3 Å². The fourth-order valence-corrected chi connectivity index (χ4v) is 5.19. The van der Waals surface area contributed by atoms with Gasteiger partial charge >= 0.3 is 0 Å². The number of phenols is 3. The van der Waals surface area contributed by atoms with E-state index in [2.05, 4.69) is 0 Å². The molecule has 11 N–H and O–H groups in total. The number of fused-ring (bicyclic) bond motifs is 1. The van der Waals surface area contributed by atoms with Crippen molar-refractivity contribution in [2.45, 2.75) is 80.0 Å². The van der Waals surface area contributed by atoms with Crippen LogP contribution in [-0.4, -0.2) is 137 Å². The Balaban J connectivity index is 1.27. The third kappa shape index (κ3) is 6.23. The Morgan fingerprint density at radius 2 is 1.36 bits per heavy atom. The third-order valence-electron chi connectivity index (χ3n) is 7.69. The van der Waals surface area contributed by atoms with Gasteiger partial charge in [-0.1, -0.05) is 6.07 Å². The van der Waals surface area contributed by atoms with Crippen molar-refractivity contribution in [2.24, 2.45) is 0 Å². The van der Waals surface area contributed by atoms with Gasteiger partial charge in [-0.3, -0.25) is 0 Å². The lowest BCUT2D eigenvalue weighted by atomic mass is 9.94. The number of hydrogen-bond acceptors (Lipinski definition) is 17. The second-order valence-electron chi connectivity index (χ2n) is 10.7. The molecule has 244 valence electrons. The van der Waals surface area contributed by atoms with E-state index in [9.17, 15) is 56.2 Å². The maximum atomic E-state index is 10.8. The molecule has 0 spiro atoms. The minimum Gasteiger partial charge on any atom is -0.507 e. The van der Waals surface area contributed by atoms with Crippen LogP contribution in [0.1, 0.15) is 17.2 Å². The van der Waals surface area contributed by atoms with Crippen molar-refractivity contribution in [1.82, 2.24) is 0 Å². The van der Waals surface area contributed by atoms with Crippen LogP contribution in [-0.2, 0) is 25.7 Å². The fraction of sp³-hybridized carbons (Fsp3) is 0.556. The summed E-state index contributed by atoms with van der Waals surface area (Å²) in [5.74, 6) is -1.14. The highest BCUT2D eigenvalue weighted by Crippen LogP contribution is 2.43. The Bertz CT molecular complexity index is 1290. The first kappa shape index (κ1) is 32.4. The first-order valence-corrected chi connectivity index (χ1v) is 13.6. The van der Waals surface area contributed by atoms with Crippen LogP contribution in [0.15, 0.2) is 30.3 Å². The number of ether oxygens (including phenoxy) is 4. The van der Waals surface area contributed by atoms with E-state index in [0.29, 0.717) is 5.56 Å². The van der Waals surface area contributed by atoms with Gasteiger partial charge in [0.1, 0.15) is 66.1 Å². The molecular weight excluding hydrogens is 596 g/mol. The second kappa shape index (κ2) is 13.1. The van der Waals surface area contributed by atoms with Crippen LogP contribution in [0.25, 0.3) is 0 Å². The quantitative estimate of drug-likeness (QED) is 0.0777. The van der Waals surface area contributed by atoms with E-state index >= 15 is 0 Å². The molecule has 17 nitrogen and oxygen atoms in total. The number of aliphatic hydroxyl groups excluding tert-OH is 8. The Labute approximate surface area is 248 Å². The van der Waals surface area contributed by atoms with E-state index in [0.717, 1.165) is 6.07 Å². The fourth-order valence-electron chi connectivity index (χ4n) is 5.19. The van der Waals surface area contributed by atoms with E-state index in [-0.39, 0.29) is 35.0 Å². The predicted octanol–water partition coefficient (Wildman–Crippen LogP) is -3.22. The van der Waals surface area contributed by atoms with Crippen LogP contribution in [0.3, 0.4) is 0 Å². The highest BCUT2D eigenvalue weighted by molar-refractivity contribution is 5.52. The molecule has 3 aliphatic rings. The first-order valence-electron chi connectivity index (χ1n) is 13.6. The lowest BCUT2D eigenvalue weighted by molar-refractivity contribution is -0.463. The summed E-state index contributed by atoms with van der Waals surface area (Å²) in [7, 11) is 0. The summed E-state index contributed by atoms with van der Waals surface area (Å²) < 4.78 is 22.3. The van der Waals surface area contributed by atoms with Gasteiger partial charge in [-0.25, -0.2) is 9.78 Å². The van der Waals surface area contributed by atoms with Gasteiger partial charge in [0.05, 0.1) is 19.3 Å². The molecule has 0 amide bonds. The zero-order valence-corrected chi connectivity index (χ0v) is 22.8. The topological polar surface area (TPSA) is 278 Å². The van der Waals surface area contributed by atoms with Gasteiger partial charge in [0.15, 0.2) is 17.6 Å². The Morgan fingerprint density at radius 3 is 2.05 bits per heavy atom. The number of rotatable bonds is 8. The first-order chi connectivity index (χ1) is 20.9. The number of hydrogen-bond donors (Lipinski definition) is 11. The normalized spacial score (nSPS) is 37.2. The highest BCUT2D eigenvalue weighted by Gasteiger charge is 2.49.